The van der Waals surface area contributed by atoms with E-state index in [0.717, 1.165) is 10.0 Å². The van der Waals surface area contributed by atoms with Crippen LogP contribution in [0.1, 0.15) is 21.5 Å². The lowest BCUT2D eigenvalue weighted by Crippen LogP contribution is -2.07. The van der Waals surface area contributed by atoms with Crippen molar-refractivity contribution in [3.63, 3.8) is 0 Å². The molecule has 0 aliphatic rings. The molecule has 0 heterocycles. The Kier molecular flexibility index (Phi) is 5.46. The van der Waals surface area contributed by atoms with Crippen molar-refractivity contribution in [3.05, 3.63) is 81.6 Å². The zero-order valence-electron chi connectivity index (χ0n) is 14.8. The smallest absolute Gasteiger partial charge is 0.196 e. The second-order valence-electron chi connectivity index (χ2n) is 6.06. The van der Waals surface area contributed by atoms with Gasteiger partial charge in [-0.15, -0.1) is 0 Å². The van der Waals surface area contributed by atoms with E-state index >= 15 is 0 Å². The van der Waals surface area contributed by atoms with Gasteiger partial charge in [0.15, 0.2) is 5.78 Å². The van der Waals surface area contributed by atoms with Gasteiger partial charge in [0.2, 0.25) is 0 Å². The number of nitrogen functional groups attached to an aromatic ring is 1. The van der Waals surface area contributed by atoms with Crippen LogP contribution in [0.15, 0.2) is 59.1 Å². The summed E-state index contributed by atoms with van der Waals surface area (Å²) in [6.45, 7) is 1.79. The third-order valence-electron chi connectivity index (χ3n) is 4.18. The van der Waals surface area contributed by atoms with Gasteiger partial charge in [-0.3, -0.25) is 4.79 Å². The Bertz CT molecular complexity index is 1020. The van der Waals surface area contributed by atoms with E-state index in [1.807, 2.05) is 6.07 Å². The molecule has 27 heavy (non-hydrogen) atoms. The summed E-state index contributed by atoms with van der Waals surface area (Å²) in [4.78, 5) is 12.7. The first-order valence-corrected chi connectivity index (χ1v) is 8.99. The van der Waals surface area contributed by atoms with Gasteiger partial charge in [0, 0.05) is 15.7 Å². The molecule has 0 aliphatic heterocycles. The second-order valence-corrected chi connectivity index (χ2v) is 6.98. The normalized spacial score (nSPS) is 10.5. The molecule has 6 heteroatoms. The molecule has 138 valence electrons. The Morgan fingerprint density at radius 1 is 1.07 bits per heavy atom. The summed E-state index contributed by atoms with van der Waals surface area (Å²) in [5, 5.41) is 3.06. The third kappa shape index (κ3) is 4.11. The van der Waals surface area contributed by atoms with E-state index < -0.39 is 5.82 Å². The van der Waals surface area contributed by atoms with Gasteiger partial charge in [0.25, 0.3) is 0 Å². The number of nitrogens with two attached hydrogens (primary N) is 1. The van der Waals surface area contributed by atoms with Gasteiger partial charge in [-0.2, -0.15) is 0 Å². The Balaban J connectivity index is 1.87. The molecule has 0 unspecified atom stereocenters. The minimum absolute atomic E-state index is 0.0117. The molecule has 3 N–H and O–H groups in total. The number of aryl methyl sites for hydroxylation is 1. The summed E-state index contributed by atoms with van der Waals surface area (Å²) in [7, 11) is 1.56. The zero-order chi connectivity index (χ0) is 19.6. The van der Waals surface area contributed by atoms with Gasteiger partial charge in [-0.1, -0.05) is 15.9 Å². The van der Waals surface area contributed by atoms with Crippen molar-refractivity contribution in [1.29, 1.82) is 0 Å². The minimum Gasteiger partial charge on any atom is -0.497 e. The van der Waals surface area contributed by atoms with E-state index in [-0.39, 0.29) is 11.3 Å². The van der Waals surface area contributed by atoms with Crippen LogP contribution in [-0.2, 0) is 0 Å². The largest absolute Gasteiger partial charge is 0.497 e. The molecule has 0 saturated heterocycles. The van der Waals surface area contributed by atoms with Crippen LogP contribution in [0.5, 0.6) is 5.75 Å². The Morgan fingerprint density at radius 3 is 2.44 bits per heavy atom. The fourth-order valence-electron chi connectivity index (χ4n) is 2.74. The van der Waals surface area contributed by atoms with E-state index in [4.69, 9.17) is 10.5 Å². The van der Waals surface area contributed by atoms with Crippen LogP contribution < -0.4 is 15.8 Å². The number of hydrogen-bond donors (Lipinski definition) is 2. The molecule has 0 saturated carbocycles. The fourth-order valence-corrected chi connectivity index (χ4v) is 3.12. The van der Waals surface area contributed by atoms with Crippen molar-refractivity contribution >= 4 is 38.8 Å². The van der Waals surface area contributed by atoms with Crippen LogP contribution in [0, 0.1) is 12.7 Å². The van der Waals surface area contributed by atoms with Crippen molar-refractivity contribution in [3.8, 4) is 5.75 Å². The first kappa shape index (κ1) is 18.9. The molecule has 4 nitrogen and oxygen atoms in total. The highest BCUT2D eigenvalue weighted by Gasteiger charge is 2.17. The number of carbonyl (C=O) groups excluding carboxylic acids is 1. The summed E-state index contributed by atoms with van der Waals surface area (Å²) < 4.78 is 20.6. The monoisotopic (exact) mass is 428 g/mol. The number of rotatable bonds is 5. The van der Waals surface area contributed by atoms with Crippen LogP contribution in [0.3, 0.4) is 0 Å². The van der Waals surface area contributed by atoms with Crippen LogP contribution in [0.25, 0.3) is 0 Å². The summed E-state index contributed by atoms with van der Waals surface area (Å²) in [6, 6.07) is 14.9. The van der Waals surface area contributed by atoms with Crippen molar-refractivity contribution in [1.82, 2.24) is 0 Å². The zero-order valence-corrected chi connectivity index (χ0v) is 16.4. The number of methoxy groups -OCH3 is 1. The Morgan fingerprint density at radius 2 is 1.81 bits per heavy atom. The predicted molar refractivity (Wildman–Crippen MR) is 109 cm³/mol. The Hall–Kier alpha value is -2.86. The molecular weight excluding hydrogens is 411 g/mol. The van der Waals surface area contributed by atoms with E-state index in [0.29, 0.717) is 28.4 Å². The van der Waals surface area contributed by atoms with Crippen molar-refractivity contribution in [2.45, 2.75) is 6.92 Å². The van der Waals surface area contributed by atoms with Gasteiger partial charge in [0.1, 0.15) is 11.6 Å². The molecule has 3 aromatic rings. The molecule has 3 aromatic carbocycles. The van der Waals surface area contributed by atoms with Crippen LogP contribution >= 0.6 is 15.9 Å². The lowest BCUT2D eigenvalue weighted by atomic mass is 9.98. The fraction of sp³-hybridized carbons (Fsp3) is 0.0952. The number of halogens is 2. The minimum atomic E-state index is -0.601. The van der Waals surface area contributed by atoms with E-state index in [1.54, 1.807) is 50.4 Å². The average Bonchev–Trinajstić information content (AvgIpc) is 2.63. The first-order chi connectivity index (χ1) is 12.9. The number of nitrogens with one attached hydrogen (secondary N) is 1. The average molecular weight is 429 g/mol. The highest BCUT2D eigenvalue weighted by atomic mass is 79.9. The number of carbonyl (C=O) groups is 1. The van der Waals surface area contributed by atoms with Crippen molar-refractivity contribution < 1.29 is 13.9 Å². The Labute approximate surface area is 165 Å². The lowest BCUT2D eigenvalue weighted by molar-refractivity contribution is 0.103. The maximum atomic E-state index is 14.6. The SMILES string of the molecule is COc1ccc(C(=O)c2ccc(Nc3ccc(Br)cc3N)cc2F)c(C)c1. The number of benzene rings is 3. The highest BCUT2D eigenvalue weighted by Crippen LogP contribution is 2.28. The summed E-state index contributed by atoms with van der Waals surface area (Å²) in [5.41, 5.74) is 8.81. The first-order valence-electron chi connectivity index (χ1n) is 8.20. The maximum Gasteiger partial charge on any atom is 0.196 e. The predicted octanol–water partition coefficient (Wildman–Crippen LogP) is 5.46. The van der Waals surface area contributed by atoms with Gasteiger partial charge in [-0.05, 0) is 67.1 Å². The van der Waals surface area contributed by atoms with E-state index in [9.17, 15) is 9.18 Å². The number of ether oxygens (including phenoxy) is 1. The van der Waals surface area contributed by atoms with Gasteiger partial charge in [0.05, 0.1) is 24.0 Å². The van der Waals surface area contributed by atoms with Crippen LogP contribution in [0.2, 0.25) is 0 Å². The van der Waals surface area contributed by atoms with Crippen LogP contribution in [-0.4, -0.2) is 12.9 Å². The molecule has 0 radical (unpaired) electrons. The molecule has 3 rings (SSSR count). The molecule has 0 spiro atoms. The molecule has 0 aliphatic carbocycles. The second kappa shape index (κ2) is 7.80. The molecule has 0 atom stereocenters. The van der Waals surface area contributed by atoms with Gasteiger partial charge in [-0.25, -0.2) is 4.39 Å². The molecule has 0 aromatic heterocycles. The van der Waals surface area contributed by atoms with Gasteiger partial charge >= 0.3 is 0 Å². The third-order valence-corrected chi connectivity index (χ3v) is 4.68. The molecule has 0 fully saturated rings. The standard InChI is InChI=1S/C21H18BrFN2O2/c1-12-9-15(27-2)5-7-16(12)21(26)17-6-4-14(11-18(17)23)25-20-8-3-13(22)10-19(20)24/h3-11,25H,24H2,1-2H3. The van der Waals surface area contributed by atoms with E-state index in [2.05, 4.69) is 21.2 Å². The van der Waals surface area contributed by atoms with Gasteiger partial charge < -0.3 is 15.8 Å². The lowest BCUT2D eigenvalue weighted by Gasteiger charge is -2.12. The molecule has 0 bridgehead atoms. The summed E-state index contributed by atoms with van der Waals surface area (Å²) in [5.74, 6) is -0.325. The number of anilines is 3. The highest BCUT2D eigenvalue weighted by molar-refractivity contribution is 9.10. The molecular formula is C21H18BrFN2O2. The topological polar surface area (TPSA) is 64.3 Å². The quantitative estimate of drug-likeness (QED) is 0.418. The number of hydrogen-bond acceptors (Lipinski definition) is 4. The van der Waals surface area contributed by atoms with Crippen molar-refractivity contribution in [2.24, 2.45) is 0 Å². The summed E-state index contributed by atoms with van der Waals surface area (Å²) in [6.07, 6.45) is 0. The van der Waals surface area contributed by atoms with Crippen LogP contribution in [0.4, 0.5) is 21.5 Å². The molecule has 0 amide bonds. The van der Waals surface area contributed by atoms with E-state index in [1.165, 1.54) is 12.1 Å². The summed E-state index contributed by atoms with van der Waals surface area (Å²) >= 11 is 3.34. The number of ketones is 1. The van der Waals surface area contributed by atoms with Crippen molar-refractivity contribution in [2.75, 3.05) is 18.2 Å². The maximum absolute atomic E-state index is 14.6.